The standard InChI is InChI=1S/C21H23N5O2/c1-28-17-4-2-13(3-5-17)12-26-18-9-16(11-24-20(18)25-21(26)27)15-8-14-6-7-22-19(14)23-10-15/h6-11,13,17H,2-5,12H2,1H3,(H,22,23)(H,24,25,27). The molecular formula is C21H23N5O2. The van der Waals surface area contributed by atoms with Crippen LogP contribution in [0.2, 0.25) is 0 Å². The zero-order valence-corrected chi connectivity index (χ0v) is 15.8. The van der Waals surface area contributed by atoms with Crippen LogP contribution in [-0.2, 0) is 11.3 Å². The van der Waals surface area contributed by atoms with E-state index in [1.807, 2.05) is 29.1 Å². The number of H-pyrrole nitrogens is 2. The molecule has 4 aromatic heterocycles. The number of nitrogens with zero attached hydrogens (tertiary/aromatic N) is 3. The van der Waals surface area contributed by atoms with Crippen molar-refractivity contribution in [3.63, 3.8) is 0 Å². The van der Waals surface area contributed by atoms with E-state index in [1.54, 1.807) is 13.3 Å². The molecule has 0 unspecified atom stereocenters. The van der Waals surface area contributed by atoms with Crippen LogP contribution in [0.15, 0.2) is 41.6 Å². The van der Waals surface area contributed by atoms with Gasteiger partial charge < -0.3 is 9.72 Å². The molecule has 0 radical (unpaired) electrons. The Kier molecular flexibility index (Phi) is 4.24. The van der Waals surface area contributed by atoms with Crippen LogP contribution in [0.5, 0.6) is 0 Å². The summed E-state index contributed by atoms with van der Waals surface area (Å²) in [4.78, 5) is 27.5. The summed E-state index contributed by atoms with van der Waals surface area (Å²) in [7, 11) is 1.78. The zero-order valence-electron chi connectivity index (χ0n) is 15.8. The molecule has 2 N–H and O–H groups in total. The molecule has 4 heterocycles. The maximum atomic E-state index is 12.5. The van der Waals surface area contributed by atoms with Gasteiger partial charge in [-0.15, -0.1) is 0 Å². The smallest absolute Gasteiger partial charge is 0.327 e. The summed E-state index contributed by atoms with van der Waals surface area (Å²) in [5, 5.41) is 1.05. The van der Waals surface area contributed by atoms with Gasteiger partial charge in [-0.3, -0.25) is 9.55 Å². The van der Waals surface area contributed by atoms with Gasteiger partial charge in [0.1, 0.15) is 5.65 Å². The van der Waals surface area contributed by atoms with Crippen LogP contribution in [0.25, 0.3) is 33.3 Å². The first-order valence-electron chi connectivity index (χ1n) is 9.76. The number of nitrogens with one attached hydrogen (secondary N) is 2. The van der Waals surface area contributed by atoms with Crippen LogP contribution in [0.4, 0.5) is 0 Å². The van der Waals surface area contributed by atoms with E-state index < -0.39 is 0 Å². The molecule has 28 heavy (non-hydrogen) atoms. The number of aromatic nitrogens is 5. The van der Waals surface area contributed by atoms with E-state index in [1.165, 1.54) is 0 Å². The van der Waals surface area contributed by atoms with Crippen molar-refractivity contribution in [1.29, 1.82) is 0 Å². The van der Waals surface area contributed by atoms with Crippen LogP contribution >= 0.6 is 0 Å². The largest absolute Gasteiger partial charge is 0.381 e. The molecule has 7 nitrogen and oxygen atoms in total. The Balaban J connectivity index is 1.49. The van der Waals surface area contributed by atoms with Gasteiger partial charge in [-0.1, -0.05) is 0 Å². The first-order valence-corrected chi connectivity index (χ1v) is 9.76. The van der Waals surface area contributed by atoms with Crippen LogP contribution in [0.1, 0.15) is 25.7 Å². The minimum absolute atomic E-state index is 0.0901. The molecule has 1 aliphatic carbocycles. The van der Waals surface area contributed by atoms with Crippen molar-refractivity contribution < 1.29 is 4.74 Å². The molecule has 7 heteroatoms. The second-order valence-electron chi connectivity index (χ2n) is 7.65. The minimum Gasteiger partial charge on any atom is -0.381 e. The maximum absolute atomic E-state index is 12.5. The van der Waals surface area contributed by atoms with Crippen LogP contribution in [0, 0.1) is 5.92 Å². The molecule has 0 bridgehead atoms. The predicted molar refractivity (Wildman–Crippen MR) is 108 cm³/mol. The van der Waals surface area contributed by atoms with Gasteiger partial charge in [-0.2, -0.15) is 0 Å². The van der Waals surface area contributed by atoms with Gasteiger partial charge >= 0.3 is 5.69 Å². The van der Waals surface area contributed by atoms with E-state index in [9.17, 15) is 4.79 Å². The highest BCUT2D eigenvalue weighted by Gasteiger charge is 2.22. The second kappa shape index (κ2) is 6.91. The minimum atomic E-state index is -0.0901. The van der Waals surface area contributed by atoms with Crippen LogP contribution < -0.4 is 5.69 Å². The van der Waals surface area contributed by atoms with E-state index >= 15 is 0 Å². The summed E-state index contributed by atoms with van der Waals surface area (Å²) in [5.74, 6) is 0.490. The first kappa shape index (κ1) is 17.2. The molecule has 0 spiro atoms. The topological polar surface area (TPSA) is 88.6 Å². The third-order valence-corrected chi connectivity index (χ3v) is 5.93. The summed E-state index contributed by atoms with van der Waals surface area (Å²) in [6.45, 7) is 0.718. The molecule has 0 atom stereocenters. The summed E-state index contributed by atoms with van der Waals surface area (Å²) < 4.78 is 7.30. The lowest BCUT2D eigenvalue weighted by Crippen LogP contribution is -2.27. The lowest BCUT2D eigenvalue weighted by atomic mass is 9.87. The molecule has 0 aromatic carbocycles. The van der Waals surface area contributed by atoms with Crippen LogP contribution in [0.3, 0.4) is 0 Å². The number of ether oxygens (including phenoxy) is 1. The van der Waals surface area contributed by atoms with Crippen molar-refractivity contribution in [1.82, 2.24) is 24.5 Å². The quantitative estimate of drug-likeness (QED) is 0.570. The molecule has 0 amide bonds. The van der Waals surface area contributed by atoms with Gasteiger partial charge in [0.15, 0.2) is 5.65 Å². The van der Waals surface area contributed by atoms with Crippen molar-refractivity contribution in [2.75, 3.05) is 7.11 Å². The fraction of sp³-hybridized carbons (Fsp3) is 0.381. The number of methoxy groups -OCH3 is 1. The molecule has 1 aliphatic rings. The lowest BCUT2D eigenvalue weighted by molar-refractivity contribution is 0.0542. The van der Waals surface area contributed by atoms with E-state index in [4.69, 9.17) is 4.74 Å². The van der Waals surface area contributed by atoms with E-state index in [-0.39, 0.29) is 5.69 Å². The molecular weight excluding hydrogens is 354 g/mol. The molecule has 5 rings (SSSR count). The van der Waals surface area contributed by atoms with E-state index in [2.05, 4.69) is 26.0 Å². The van der Waals surface area contributed by atoms with E-state index in [0.717, 1.165) is 59.9 Å². The maximum Gasteiger partial charge on any atom is 0.327 e. The first-order chi connectivity index (χ1) is 13.7. The number of aromatic amines is 2. The number of imidazole rings is 1. The van der Waals surface area contributed by atoms with Gasteiger partial charge in [0, 0.05) is 48.8 Å². The number of fused-ring (bicyclic) bond motifs is 2. The normalized spacial score (nSPS) is 20.2. The average molecular weight is 377 g/mol. The number of pyridine rings is 2. The van der Waals surface area contributed by atoms with Gasteiger partial charge in [0.2, 0.25) is 0 Å². The highest BCUT2D eigenvalue weighted by atomic mass is 16.5. The number of hydrogen-bond acceptors (Lipinski definition) is 4. The average Bonchev–Trinajstić information content (AvgIpc) is 3.32. The van der Waals surface area contributed by atoms with Gasteiger partial charge in [0.25, 0.3) is 0 Å². The molecule has 4 aromatic rings. The molecule has 144 valence electrons. The summed E-state index contributed by atoms with van der Waals surface area (Å²) in [6, 6.07) is 6.12. The molecule has 0 saturated heterocycles. The third-order valence-electron chi connectivity index (χ3n) is 5.93. The zero-order chi connectivity index (χ0) is 19.1. The van der Waals surface area contributed by atoms with Crippen molar-refractivity contribution in [3.05, 3.63) is 47.3 Å². The number of rotatable bonds is 4. The SMILES string of the molecule is COC1CCC(Cn2c(=O)[nH]c3ncc(-c4cnc5[nH]ccc5c4)cc32)CC1. The molecule has 1 fully saturated rings. The van der Waals surface area contributed by atoms with Crippen molar-refractivity contribution >= 4 is 22.2 Å². The lowest BCUT2D eigenvalue weighted by Gasteiger charge is -2.27. The van der Waals surface area contributed by atoms with Gasteiger partial charge in [-0.25, -0.2) is 14.8 Å². The Labute approximate surface area is 161 Å². The van der Waals surface area contributed by atoms with Gasteiger partial charge in [0.05, 0.1) is 11.6 Å². The monoisotopic (exact) mass is 377 g/mol. The summed E-state index contributed by atoms with van der Waals surface area (Å²) >= 11 is 0. The predicted octanol–water partition coefficient (Wildman–Crippen LogP) is 3.47. The Bertz CT molecular complexity index is 1180. The molecule has 1 saturated carbocycles. The molecule has 0 aliphatic heterocycles. The highest BCUT2D eigenvalue weighted by molar-refractivity contribution is 5.84. The second-order valence-corrected chi connectivity index (χ2v) is 7.65. The Morgan fingerprint density at radius 3 is 2.64 bits per heavy atom. The van der Waals surface area contributed by atoms with Crippen molar-refractivity contribution in [3.8, 4) is 11.1 Å². The third kappa shape index (κ3) is 3.01. The fourth-order valence-corrected chi connectivity index (χ4v) is 4.28. The number of hydrogen-bond donors (Lipinski definition) is 2. The summed E-state index contributed by atoms with van der Waals surface area (Å²) in [6.07, 6.45) is 10.2. The van der Waals surface area contributed by atoms with Crippen LogP contribution in [-0.4, -0.2) is 37.7 Å². The highest BCUT2D eigenvalue weighted by Crippen LogP contribution is 2.28. The Morgan fingerprint density at radius 2 is 1.86 bits per heavy atom. The Morgan fingerprint density at radius 1 is 1.11 bits per heavy atom. The summed E-state index contributed by atoms with van der Waals surface area (Å²) in [5.41, 5.74) is 4.21. The fourth-order valence-electron chi connectivity index (χ4n) is 4.28. The van der Waals surface area contributed by atoms with Crippen molar-refractivity contribution in [2.45, 2.75) is 38.3 Å². The van der Waals surface area contributed by atoms with E-state index in [0.29, 0.717) is 17.7 Å². The van der Waals surface area contributed by atoms with Crippen molar-refractivity contribution in [2.24, 2.45) is 5.92 Å². The van der Waals surface area contributed by atoms with Gasteiger partial charge in [-0.05, 0) is 49.8 Å². The Hall–Kier alpha value is -2.93.